The zero-order valence-corrected chi connectivity index (χ0v) is 10.9. The van der Waals surface area contributed by atoms with E-state index in [0.717, 1.165) is 0 Å². The molecule has 1 heterocycles. The third-order valence-electron chi connectivity index (χ3n) is 2.71. The summed E-state index contributed by atoms with van der Waals surface area (Å²) in [5.74, 6) is -2.30. The molecule has 0 bridgehead atoms. The van der Waals surface area contributed by atoms with Crippen LogP contribution in [0.4, 0.5) is 11.4 Å². The number of aliphatic carboxylic acids is 1. The number of nitro groups is 2. The average molecular weight is 314 g/mol. The van der Waals surface area contributed by atoms with Crippen molar-refractivity contribution < 1.29 is 24.5 Å². The maximum atomic E-state index is 11.5. The van der Waals surface area contributed by atoms with Gasteiger partial charge in [0.2, 0.25) is 5.91 Å². The van der Waals surface area contributed by atoms with Crippen LogP contribution >= 0.6 is 0 Å². The molecule has 118 valence electrons. The molecule has 22 heavy (non-hydrogen) atoms. The fraction of sp³-hybridized carbons (Fsp3) is 0.300. The molecule has 0 fully saturated rings. The van der Waals surface area contributed by atoms with Crippen LogP contribution in [0.15, 0.2) is 17.2 Å². The largest absolute Gasteiger partial charge is 0.480 e. The van der Waals surface area contributed by atoms with E-state index < -0.39 is 44.6 Å². The van der Waals surface area contributed by atoms with Gasteiger partial charge < -0.3 is 15.4 Å². The number of nitrogens with two attached hydrogens (primary N) is 1. The van der Waals surface area contributed by atoms with Gasteiger partial charge in [-0.3, -0.25) is 29.8 Å². The number of aromatic nitrogens is 1. The number of hydrogen-bond donors (Lipinski definition) is 2. The highest BCUT2D eigenvalue weighted by molar-refractivity contribution is 5.76. The molecule has 12 heteroatoms. The number of hydrogen-bond acceptors (Lipinski definition) is 7. The summed E-state index contributed by atoms with van der Waals surface area (Å²) in [5, 5.41) is 30.6. The topological polar surface area (TPSA) is 189 Å². The van der Waals surface area contributed by atoms with E-state index in [1.807, 2.05) is 0 Å². The Balaban J connectivity index is 3.46. The number of carboxylic acid groups (broad SMARTS) is 1. The van der Waals surface area contributed by atoms with E-state index in [9.17, 15) is 34.6 Å². The normalized spacial score (nSPS) is 11.6. The third kappa shape index (κ3) is 3.62. The number of amides is 1. The molecule has 12 nitrogen and oxygen atoms in total. The highest BCUT2D eigenvalue weighted by Crippen LogP contribution is 2.20. The fourth-order valence-electron chi connectivity index (χ4n) is 1.69. The first-order valence-electron chi connectivity index (χ1n) is 5.70. The maximum Gasteiger partial charge on any atom is 0.339 e. The Morgan fingerprint density at radius 3 is 2.00 bits per heavy atom. The van der Waals surface area contributed by atoms with Crippen LogP contribution in [0.1, 0.15) is 18.9 Å². The fourth-order valence-corrected chi connectivity index (χ4v) is 1.69. The van der Waals surface area contributed by atoms with Crippen LogP contribution in [-0.4, -0.2) is 31.4 Å². The average Bonchev–Trinajstić information content (AvgIpc) is 2.38. The molecule has 3 N–H and O–H groups in total. The van der Waals surface area contributed by atoms with Crippen LogP contribution in [0, 0.1) is 20.2 Å². The number of carbonyl (C=O) groups excluding carboxylic acids is 1. The Kier molecular flexibility index (Phi) is 4.89. The Hall–Kier alpha value is -3.31. The second-order valence-electron chi connectivity index (χ2n) is 4.18. The Morgan fingerprint density at radius 1 is 1.23 bits per heavy atom. The Labute approximate surface area is 121 Å². The van der Waals surface area contributed by atoms with Crippen molar-refractivity contribution in [3.05, 3.63) is 42.8 Å². The lowest BCUT2D eigenvalue weighted by Gasteiger charge is -2.15. The van der Waals surface area contributed by atoms with E-state index in [-0.39, 0.29) is 12.8 Å². The van der Waals surface area contributed by atoms with Crippen LogP contribution in [-0.2, 0) is 9.59 Å². The summed E-state index contributed by atoms with van der Waals surface area (Å²) in [6.07, 6.45) is 0.455. The molecule has 1 atom stereocenters. The van der Waals surface area contributed by atoms with Gasteiger partial charge in [-0.25, -0.2) is 4.79 Å². The smallest absolute Gasteiger partial charge is 0.339 e. The van der Waals surface area contributed by atoms with Gasteiger partial charge in [0, 0.05) is 6.42 Å². The molecule has 0 spiro atoms. The van der Waals surface area contributed by atoms with Crippen molar-refractivity contribution in [2.24, 2.45) is 5.73 Å². The number of rotatable bonds is 7. The predicted molar refractivity (Wildman–Crippen MR) is 69.1 cm³/mol. The summed E-state index contributed by atoms with van der Waals surface area (Å²) < 4.78 is 0.642. The first-order valence-corrected chi connectivity index (χ1v) is 5.70. The molecule has 0 saturated carbocycles. The second kappa shape index (κ2) is 6.43. The number of pyridine rings is 1. The Bertz CT molecular complexity index is 671. The summed E-state index contributed by atoms with van der Waals surface area (Å²) in [5.41, 5.74) is 1.17. The van der Waals surface area contributed by atoms with E-state index in [0.29, 0.717) is 17.0 Å². The van der Waals surface area contributed by atoms with Crippen LogP contribution in [0.5, 0.6) is 0 Å². The van der Waals surface area contributed by atoms with Gasteiger partial charge in [-0.1, -0.05) is 0 Å². The Morgan fingerprint density at radius 2 is 1.68 bits per heavy atom. The van der Waals surface area contributed by atoms with Gasteiger partial charge in [0.15, 0.2) is 0 Å². The van der Waals surface area contributed by atoms with Crippen molar-refractivity contribution in [1.82, 2.24) is 4.57 Å². The van der Waals surface area contributed by atoms with Crippen molar-refractivity contribution in [3.63, 3.8) is 0 Å². The number of nitrogens with zero attached hydrogens (tertiary/aromatic N) is 3. The number of primary amides is 1. The van der Waals surface area contributed by atoms with Crippen molar-refractivity contribution in [2.45, 2.75) is 18.9 Å². The van der Waals surface area contributed by atoms with Crippen molar-refractivity contribution in [2.75, 3.05) is 0 Å². The molecule has 0 saturated heterocycles. The minimum atomic E-state index is -1.52. The summed E-state index contributed by atoms with van der Waals surface area (Å²) in [4.78, 5) is 52.6. The first-order chi connectivity index (χ1) is 10.1. The standard InChI is InChI=1S/C10H10N4O8/c11-8(15)2-1-5(10(17)18)12-3-6(13(19)20)9(16)7(4-12)14(21)22/h3-5H,1-2H2,(H2,11,15)(H,17,18)/t5-/m1/s1. The van der Waals surface area contributed by atoms with E-state index >= 15 is 0 Å². The molecule has 1 rings (SSSR count). The lowest BCUT2D eigenvalue weighted by molar-refractivity contribution is -0.397. The molecule has 1 aromatic heterocycles. The first kappa shape index (κ1) is 16.7. The molecule has 0 unspecified atom stereocenters. The van der Waals surface area contributed by atoms with Gasteiger partial charge >= 0.3 is 22.8 Å². The van der Waals surface area contributed by atoms with Crippen LogP contribution in [0.2, 0.25) is 0 Å². The van der Waals surface area contributed by atoms with Gasteiger partial charge in [-0.2, -0.15) is 0 Å². The predicted octanol–water partition coefficient (Wildman–Crippen LogP) is -0.444. The molecule has 0 aliphatic rings. The number of carboxylic acids is 1. The lowest BCUT2D eigenvalue weighted by Crippen LogP contribution is -2.24. The summed E-state index contributed by atoms with van der Waals surface area (Å²) in [7, 11) is 0. The molecule has 0 radical (unpaired) electrons. The molecular formula is C10H10N4O8. The quantitative estimate of drug-likeness (QED) is 0.499. The molecule has 0 aromatic carbocycles. The van der Waals surface area contributed by atoms with Crippen LogP contribution < -0.4 is 11.2 Å². The minimum absolute atomic E-state index is 0.345. The van der Waals surface area contributed by atoms with Crippen molar-refractivity contribution in [1.29, 1.82) is 0 Å². The van der Waals surface area contributed by atoms with E-state index in [1.54, 1.807) is 0 Å². The molecule has 1 amide bonds. The zero-order valence-electron chi connectivity index (χ0n) is 10.9. The summed E-state index contributed by atoms with van der Waals surface area (Å²) >= 11 is 0. The van der Waals surface area contributed by atoms with E-state index in [2.05, 4.69) is 0 Å². The lowest BCUT2D eigenvalue weighted by atomic mass is 10.1. The molecular weight excluding hydrogens is 304 g/mol. The van der Waals surface area contributed by atoms with Gasteiger partial charge in [0.25, 0.3) is 0 Å². The van der Waals surface area contributed by atoms with Crippen molar-refractivity contribution in [3.8, 4) is 0 Å². The zero-order chi connectivity index (χ0) is 17.0. The summed E-state index contributed by atoms with van der Waals surface area (Å²) in [6.45, 7) is 0. The van der Waals surface area contributed by atoms with E-state index in [4.69, 9.17) is 10.8 Å². The number of carbonyl (C=O) groups is 2. The van der Waals surface area contributed by atoms with Gasteiger partial charge in [-0.05, 0) is 6.42 Å². The molecule has 0 aliphatic heterocycles. The van der Waals surface area contributed by atoms with Gasteiger partial charge in [0.1, 0.15) is 6.04 Å². The minimum Gasteiger partial charge on any atom is -0.480 e. The van der Waals surface area contributed by atoms with Gasteiger partial charge in [-0.15, -0.1) is 0 Å². The molecule has 1 aromatic rings. The maximum absolute atomic E-state index is 11.5. The monoisotopic (exact) mass is 314 g/mol. The van der Waals surface area contributed by atoms with E-state index in [1.165, 1.54) is 0 Å². The van der Waals surface area contributed by atoms with Crippen LogP contribution in [0.3, 0.4) is 0 Å². The second-order valence-corrected chi connectivity index (χ2v) is 4.18. The molecule has 0 aliphatic carbocycles. The van der Waals surface area contributed by atoms with Crippen LogP contribution in [0.25, 0.3) is 0 Å². The highest BCUT2D eigenvalue weighted by Gasteiger charge is 2.29. The van der Waals surface area contributed by atoms with Crippen molar-refractivity contribution >= 4 is 23.3 Å². The SMILES string of the molecule is NC(=O)CC[C@H](C(=O)O)n1cc([N+](=O)[O-])c(=O)c([N+](=O)[O-])c1. The third-order valence-corrected chi connectivity index (χ3v) is 2.71. The highest BCUT2D eigenvalue weighted by atomic mass is 16.6. The summed E-state index contributed by atoms with van der Waals surface area (Å²) in [6, 6.07) is -1.52. The van der Waals surface area contributed by atoms with Gasteiger partial charge in [0.05, 0.1) is 22.2 Å².